The van der Waals surface area contributed by atoms with Crippen LogP contribution < -0.4 is 5.32 Å². The highest BCUT2D eigenvalue weighted by atomic mass is 32.2. The van der Waals surface area contributed by atoms with Crippen molar-refractivity contribution in [1.29, 1.82) is 0 Å². The normalized spacial score (nSPS) is 19.4. The second kappa shape index (κ2) is 4.99. The monoisotopic (exact) mass is 293 g/mol. The molecule has 1 aliphatic rings. The summed E-state index contributed by atoms with van der Waals surface area (Å²) in [5.74, 6) is 1.07. The summed E-state index contributed by atoms with van der Waals surface area (Å²) < 4.78 is 28.0. The van der Waals surface area contributed by atoms with Crippen LogP contribution in [0.5, 0.6) is 0 Å². The van der Waals surface area contributed by atoms with E-state index in [2.05, 4.69) is 15.5 Å². The highest BCUT2D eigenvalue weighted by Gasteiger charge is 2.22. The Morgan fingerprint density at radius 2 is 2.05 bits per heavy atom. The molecular formula is C13H15N3O3S. The van der Waals surface area contributed by atoms with Gasteiger partial charge in [0, 0.05) is 11.8 Å². The maximum Gasteiger partial charge on any atom is 0.257 e. The lowest BCUT2D eigenvalue weighted by Gasteiger charge is -2.01. The summed E-state index contributed by atoms with van der Waals surface area (Å²) in [5, 5.41) is 7.28. The number of sulfone groups is 1. The highest BCUT2D eigenvalue weighted by molar-refractivity contribution is 7.90. The molecule has 1 aromatic carbocycles. The van der Waals surface area contributed by atoms with Crippen molar-refractivity contribution in [3.63, 3.8) is 0 Å². The molecule has 1 aromatic heterocycles. The van der Waals surface area contributed by atoms with Crippen LogP contribution in [-0.2, 0) is 9.84 Å². The van der Waals surface area contributed by atoms with E-state index < -0.39 is 9.84 Å². The van der Waals surface area contributed by atoms with E-state index in [-0.39, 0.29) is 10.9 Å². The Balaban J connectivity index is 1.86. The third-order valence-corrected chi connectivity index (χ3v) is 4.47. The Kier molecular flexibility index (Phi) is 3.31. The minimum absolute atomic E-state index is 0.155. The molecule has 20 heavy (non-hydrogen) atoms. The summed E-state index contributed by atoms with van der Waals surface area (Å²) in [5.41, 5.74) is 0.717. The first-order chi connectivity index (χ1) is 9.54. The highest BCUT2D eigenvalue weighted by Crippen LogP contribution is 2.24. The van der Waals surface area contributed by atoms with E-state index >= 15 is 0 Å². The van der Waals surface area contributed by atoms with Gasteiger partial charge in [-0.2, -0.15) is 4.98 Å². The van der Waals surface area contributed by atoms with Crippen LogP contribution in [0.3, 0.4) is 0 Å². The van der Waals surface area contributed by atoms with Gasteiger partial charge in [-0.15, -0.1) is 0 Å². The molecule has 106 valence electrons. The van der Waals surface area contributed by atoms with Crippen molar-refractivity contribution in [3.05, 3.63) is 30.1 Å². The third kappa shape index (κ3) is 2.59. The molecule has 1 atom stereocenters. The quantitative estimate of drug-likeness (QED) is 0.924. The van der Waals surface area contributed by atoms with Crippen LogP contribution in [0, 0.1) is 0 Å². The molecule has 0 saturated carbocycles. The van der Waals surface area contributed by atoms with Crippen LogP contribution in [0.15, 0.2) is 33.7 Å². The average molecular weight is 293 g/mol. The summed E-state index contributed by atoms with van der Waals surface area (Å²) in [6.07, 6.45) is 3.29. The van der Waals surface area contributed by atoms with Crippen molar-refractivity contribution >= 4 is 9.84 Å². The fraction of sp³-hybridized carbons (Fsp3) is 0.385. The van der Waals surface area contributed by atoms with Gasteiger partial charge in [-0.3, -0.25) is 0 Å². The number of nitrogens with one attached hydrogen (secondary N) is 1. The summed E-state index contributed by atoms with van der Waals surface area (Å²) in [6.45, 7) is 0.970. The Morgan fingerprint density at radius 1 is 1.30 bits per heavy atom. The van der Waals surface area contributed by atoms with E-state index in [0.717, 1.165) is 19.4 Å². The smallest absolute Gasteiger partial charge is 0.257 e. The van der Waals surface area contributed by atoms with Gasteiger partial charge in [-0.25, -0.2) is 8.42 Å². The summed E-state index contributed by atoms with van der Waals surface area (Å²) in [7, 11) is -3.19. The van der Waals surface area contributed by atoms with Crippen molar-refractivity contribution in [2.75, 3.05) is 12.8 Å². The number of aromatic nitrogens is 2. The van der Waals surface area contributed by atoms with Crippen LogP contribution in [0.25, 0.3) is 11.5 Å². The van der Waals surface area contributed by atoms with Crippen LogP contribution in [-0.4, -0.2) is 31.4 Å². The average Bonchev–Trinajstić information content (AvgIpc) is 3.09. The van der Waals surface area contributed by atoms with Crippen molar-refractivity contribution in [3.8, 4) is 11.5 Å². The van der Waals surface area contributed by atoms with Gasteiger partial charge >= 0.3 is 0 Å². The van der Waals surface area contributed by atoms with Crippen molar-refractivity contribution in [2.24, 2.45) is 0 Å². The molecule has 3 rings (SSSR count). The Labute approximate surface area is 117 Å². The van der Waals surface area contributed by atoms with E-state index in [1.54, 1.807) is 24.3 Å². The minimum Gasteiger partial charge on any atom is -0.334 e. The fourth-order valence-corrected chi connectivity index (χ4v) is 2.87. The number of hydrogen-bond donors (Lipinski definition) is 1. The second-order valence-corrected chi connectivity index (χ2v) is 6.92. The molecule has 1 N–H and O–H groups in total. The molecule has 0 radical (unpaired) electrons. The molecule has 1 fully saturated rings. The second-order valence-electron chi connectivity index (χ2n) is 4.90. The zero-order valence-corrected chi connectivity index (χ0v) is 11.9. The third-order valence-electron chi connectivity index (χ3n) is 3.34. The van der Waals surface area contributed by atoms with Crippen molar-refractivity contribution in [1.82, 2.24) is 15.5 Å². The van der Waals surface area contributed by atoms with Gasteiger partial charge in [-0.05, 0) is 43.7 Å². The summed E-state index contributed by atoms with van der Waals surface area (Å²) >= 11 is 0. The van der Waals surface area contributed by atoms with Crippen LogP contribution >= 0.6 is 0 Å². The Bertz CT molecular complexity index is 701. The predicted molar refractivity (Wildman–Crippen MR) is 72.8 cm³/mol. The minimum atomic E-state index is -3.19. The SMILES string of the molecule is CS(=O)(=O)c1ccc(-c2nc(C3CCCN3)no2)cc1. The molecule has 0 amide bonds. The number of nitrogens with zero attached hydrogens (tertiary/aromatic N) is 2. The van der Waals surface area contributed by atoms with E-state index in [1.807, 2.05) is 0 Å². The van der Waals surface area contributed by atoms with Crippen molar-refractivity contribution in [2.45, 2.75) is 23.8 Å². The van der Waals surface area contributed by atoms with E-state index in [4.69, 9.17) is 4.52 Å². The first-order valence-electron chi connectivity index (χ1n) is 6.41. The zero-order valence-electron chi connectivity index (χ0n) is 11.0. The molecule has 2 aromatic rings. The van der Waals surface area contributed by atoms with Gasteiger partial charge in [0.15, 0.2) is 15.7 Å². The summed E-state index contributed by atoms with van der Waals surface area (Å²) in [6, 6.07) is 6.60. The molecule has 0 bridgehead atoms. The predicted octanol–water partition coefficient (Wildman–Crippen LogP) is 1.56. The lowest BCUT2D eigenvalue weighted by molar-refractivity contribution is 0.412. The first kappa shape index (κ1) is 13.3. The number of benzene rings is 1. The van der Waals surface area contributed by atoms with E-state index in [9.17, 15) is 8.42 Å². The largest absolute Gasteiger partial charge is 0.334 e. The molecule has 0 spiro atoms. The molecule has 1 unspecified atom stereocenters. The van der Waals surface area contributed by atoms with Gasteiger partial charge < -0.3 is 9.84 Å². The lowest BCUT2D eigenvalue weighted by Crippen LogP contribution is -2.14. The van der Waals surface area contributed by atoms with E-state index in [0.29, 0.717) is 17.3 Å². The zero-order chi connectivity index (χ0) is 14.2. The Hall–Kier alpha value is -1.73. The molecule has 7 heteroatoms. The van der Waals surface area contributed by atoms with E-state index in [1.165, 1.54) is 6.26 Å². The maximum absolute atomic E-state index is 11.4. The number of hydrogen-bond acceptors (Lipinski definition) is 6. The van der Waals surface area contributed by atoms with Gasteiger partial charge in [0.1, 0.15) is 0 Å². The van der Waals surface area contributed by atoms with Gasteiger partial charge in [0.25, 0.3) is 5.89 Å². The van der Waals surface area contributed by atoms with Gasteiger partial charge in [0.2, 0.25) is 0 Å². The molecule has 2 heterocycles. The molecule has 0 aliphatic carbocycles. The van der Waals surface area contributed by atoms with Crippen LogP contribution in [0.1, 0.15) is 24.7 Å². The lowest BCUT2D eigenvalue weighted by atomic mass is 10.2. The van der Waals surface area contributed by atoms with Gasteiger partial charge in [0.05, 0.1) is 10.9 Å². The van der Waals surface area contributed by atoms with Crippen LogP contribution in [0.4, 0.5) is 0 Å². The summed E-state index contributed by atoms with van der Waals surface area (Å²) in [4.78, 5) is 4.64. The Morgan fingerprint density at radius 3 is 2.65 bits per heavy atom. The first-order valence-corrected chi connectivity index (χ1v) is 8.31. The molecule has 6 nitrogen and oxygen atoms in total. The van der Waals surface area contributed by atoms with Crippen molar-refractivity contribution < 1.29 is 12.9 Å². The maximum atomic E-state index is 11.4. The molecule has 1 aliphatic heterocycles. The standard InChI is InChI=1S/C13H15N3O3S/c1-20(17,18)10-6-4-9(5-7-10)13-15-12(16-19-13)11-3-2-8-14-11/h4-7,11,14H,2-3,8H2,1H3. The molecular weight excluding hydrogens is 278 g/mol. The van der Waals surface area contributed by atoms with Gasteiger partial charge in [-0.1, -0.05) is 5.16 Å². The van der Waals surface area contributed by atoms with Crippen LogP contribution in [0.2, 0.25) is 0 Å². The number of rotatable bonds is 3. The molecule has 1 saturated heterocycles. The topological polar surface area (TPSA) is 85.1 Å². The fourth-order valence-electron chi connectivity index (χ4n) is 2.24.